The lowest BCUT2D eigenvalue weighted by molar-refractivity contribution is -0.139. The largest absolute Gasteiger partial charge is 0.417 e. The summed E-state index contributed by atoms with van der Waals surface area (Å²) in [5.41, 5.74) is 1.25. The number of rotatable bonds is 1. The fourth-order valence-corrected chi connectivity index (χ4v) is 1.93. The Labute approximate surface area is 120 Å². The van der Waals surface area contributed by atoms with Crippen LogP contribution in [-0.4, -0.2) is 4.98 Å². The molecule has 0 unspecified atom stereocenters. The molecule has 2 aromatic rings. The van der Waals surface area contributed by atoms with Gasteiger partial charge in [-0.25, -0.2) is 0 Å². The first-order valence-corrected chi connectivity index (χ1v) is 5.66. The molecule has 102 valence electrons. The van der Waals surface area contributed by atoms with Crippen LogP contribution in [-0.2, 0) is 6.18 Å². The molecular weight excluding hydrogens is 295 g/mol. The van der Waals surface area contributed by atoms with Gasteiger partial charge in [0.25, 0.3) is 0 Å². The zero-order chi connectivity index (χ0) is 13.3. The standard InChI is InChI=1S/C13H10F3NS.ClH/c1-8-6-10(4-5-17-8)9-2-3-12(18)11(7-9)13(14,15)16;/h2-7,18H,1H3;1H. The van der Waals surface area contributed by atoms with Gasteiger partial charge in [-0.2, -0.15) is 13.2 Å². The lowest BCUT2D eigenvalue weighted by Crippen LogP contribution is -2.06. The van der Waals surface area contributed by atoms with Gasteiger partial charge in [-0.15, -0.1) is 25.0 Å². The fourth-order valence-electron chi connectivity index (χ4n) is 1.67. The van der Waals surface area contributed by atoms with Crippen LogP contribution in [0.1, 0.15) is 11.3 Å². The Morgan fingerprint density at radius 2 is 1.68 bits per heavy atom. The number of halogens is 4. The van der Waals surface area contributed by atoms with Crippen LogP contribution in [0.4, 0.5) is 13.2 Å². The van der Waals surface area contributed by atoms with Crippen LogP contribution in [0.5, 0.6) is 0 Å². The van der Waals surface area contributed by atoms with Gasteiger partial charge in [-0.05, 0) is 42.3 Å². The van der Waals surface area contributed by atoms with E-state index in [9.17, 15) is 13.2 Å². The molecule has 0 aliphatic heterocycles. The minimum Gasteiger partial charge on any atom is -0.262 e. The smallest absolute Gasteiger partial charge is 0.262 e. The van der Waals surface area contributed by atoms with E-state index in [-0.39, 0.29) is 17.3 Å². The Bertz CT molecular complexity index is 584. The van der Waals surface area contributed by atoms with Crippen molar-refractivity contribution >= 4 is 25.0 Å². The number of hydrogen-bond donors (Lipinski definition) is 1. The zero-order valence-corrected chi connectivity index (χ0v) is 11.6. The van der Waals surface area contributed by atoms with Crippen molar-refractivity contribution in [2.75, 3.05) is 0 Å². The van der Waals surface area contributed by atoms with Gasteiger partial charge in [-0.1, -0.05) is 6.07 Å². The van der Waals surface area contributed by atoms with Crippen LogP contribution in [0.25, 0.3) is 11.1 Å². The number of pyridine rings is 1. The normalized spacial score (nSPS) is 11.0. The molecule has 0 aliphatic rings. The van der Waals surface area contributed by atoms with Crippen molar-refractivity contribution in [3.05, 3.63) is 47.8 Å². The number of aromatic nitrogens is 1. The molecule has 0 N–H and O–H groups in total. The van der Waals surface area contributed by atoms with E-state index in [1.165, 1.54) is 6.07 Å². The lowest BCUT2D eigenvalue weighted by atomic mass is 10.0. The Morgan fingerprint density at radius 1 is 1.05 bits per heavy atom. The third-order valence-electron chi connectivity index (χ3n) is 2.53. The van der Waals surface area contributed by atoms with Crippen molar-refractivity contribution in [3.63, 3.8) is 0 Å². The molecular formula is C13H11ClF3NS. The van der Waals surface area contributed by atoms with E-state index in [2.05, 4.69) is 17.6 Å². The van der Waals surface area contributed by atoms with E-state index < -0.39 is 11.7 Å². The molecule has 2 rings (SSSR count). The van der Waals surface area contributed by atoms with Crippen LogP contribution in [0.2, 0.25) is 0 Å². The van der Waals surface area contributed by atoms with Crippen molar-refractivity contribution in [2.24, 2.45) is 0 Å². The number of benzene rings is 1. The summed E-state index contributed by atoms with van der Waals surface area (Å²) in [7, 11) is 0. The number of nitrogens with zero attached hydrogens (tertiary/aromatic N) is 1. The molecule has 0 atom stereocenters. The van der Waals surface area contributed by atoms with Gasteiger partial charge in [0.1, 0.15) is 0 Å². The van der Waals surface area contributed by atoms with Crippen molar-refractivity contribution < 1.29 is 13.2 Å². The molecule has 19 heavy (non-hydrogen) atoms. The summed E-state index contributed by atoms with van der Waals surface area (Å²) in [6.45, 7) is 1.79. The summed E-state index contributed by atoms with van der Waals surface area (Å²) in [5.74, 6) is 0. The van der Waals surface area contributed by atoms with Crippen LogP contribution in [0, 0.1) is 6.92 Å². The first-order valence-electron chi connectivity index (χ1n) is 5.21. The minimum atomic E-state index is -4.39. The van der Waals surface area contributed by atoms with Crippen LogP contribution < -0.4 is 0 Å². The lowest BCUT2D eigenvalue weighted by Gasteiger charge is -2.11. The molecule has 0 amide bonds. The Balaban J connectivity index is 0.00000180. The van der Waals surface area contributed by atoms with Crippen LogP contribution >= 0.6 is 25.0 Å². The molecule has 1 aromatic heterocycles. The summed E-state index contributed by atoms with van der Waals surface area (Å²) in [6.07, 6.45) is -2.82. The monoisotopic (exact) mass is 305 g/mol. The summed E-state index contributed by atoms with van der Waals surface area (Å²) >= 11 is 3.84. The molecule has 0 spiro atoms. The quantitative estimate of drug-likeness (QED) is 0.748. The highest BCUT2D eigenvalue weighted by atomic mass is 35.5. The topological polar surface area (TPSA) is 12.9 Å². The SMILES string of the molecule is Cc1cc(-c2ccc(S)c(C(F)(F)F)c2)ccn1.Cl. The minimum absolute atomic E-state index is 0. The summed E-state index contributed by atoms with van der Waals surface area (Å²) in [5, 5.41) is 0. The summed E-state index contributed by atoms with van der Waals surface area (Å²) in [4.78, 5) is 3.94. The van der Waals surface area contributed by atoms with Crippen molar-refractivity contribution in [1.29, 1.82) is 0 Å². The van der Waals surface area contributed by atoms with Crippen molar-refractivity contribution in [1.82, 2.24) is 4.98 Å². The first kappa shape index (κ1) is 15.9. The second kappa shape index (κ2) is 5.84. The van der Waals surface area contributed by atoms with E-state index in [4.69, 9.17) is 0 Å². The van der Waals surface area contributed by atoms with Gasteiger partial charge in [0.2, 0.25) is 0 Å². The predicted molar refractivity (Wildman–Crippen MR) is 73.9 cm³/mol. The van der Waals surface area contributed by atoms with E-state index in [0.717, 1.165) is 11.8 Å². The maximum atomic E-state index is 12.8. The zero-order valence-electron chi connectivity index (χ0n) is 9.90. The number of aryl methyl sites for hydroxylation is 1. The van der Waals surface area contributed by atoms with E-state index in [1.807, 2.05) is 0 Å². The maximum Gasteiger partial charge on any atom is 0.417 e. The number of alkyl halides is 3. The molecule has 1 nitrogen and oxygen atoms in total. The molecule has 0 radical (unpaired) electrons. The van der Waals surface area contributed by atoms with Crippen molar-refractivity contribution in [3.8, 4) is 11.1 Å². The third kappa shape index (κ3) is 3.64. The first-order chi connectivity index (χ1) is 8.38. The van der Waals surface area contributed by atoms with E-state index >= 15 is 0 Å². The summed E-state index contributed by atoms with van der Waals surface area (Å²) < 4.78 is 38.3. The highest BCUT2D eigenvalue weighted by Gasteiger charge is 2.32. The highest BCUT2D eigenvalue weighted by Crippen LogP contribution is 2.36. The predicted octanol–water partition coefficient (Wildman–Crippen LogP) is 4.79. The van der Waals surface area contributed by atoms with Gasteiger partial charge < -0.3 is 0 Å². The van der Waals surface area contributed by atoms with E-state index in [0.29, 0.717) is 11.1 Å². The second-order valence-electron chi connectivity index (χ2n) is 3.92. The van der Waals surface area contributed by atoms with Crippen molar-refractivity contribution in [2.45, 2.75) is 18.0 Å². The van der Waals surface area contributed by atoms with Gasteiger partial charge in [0.15, 0.2) is 0 Å². The third-order valence-corrected chi connectivity index (χ3v) is 2.92. The fraction of sp³-hybridized carbons (Fsp3) is 0.154. The Hall–Kier alpha value is -1.20. The molecule has 1 heterocycles. The van der Waals surface area contributed by atoms with Gasteiger partial charge in [0, 0.05) is 16.8 Å². The average molecular weight is 306 g/mol. The van der Waals surface area contributed by atoms with Crippen LogP contribution in [0.15, 0.2) is 41.4 Å². The Kier molecular flexibility index (Phi) is 4.87. The number of hydrogen-bond acceptors (Lipinski definition) is 2. The maximum absolute atomic E-state index is 12.8. The second-order valence-corrected chi connectivity index (χ2v) is 4.40. The molecule has 1 aromatic carbocycles. The van der Waals surface area contributed by atoms with Crippen LogP contribution in [0.3, 0.4) is 0 Å². The summed E-state index contributed by atoms with van der Waals surface area (Å²) in [6, 6.07) is 7.51. The molecule has 6 heteroatoms. The van der Waals surface area contributed by atoms with Gasteiger partial charge in [-0.3, -0.25) is 4.98 Å². The molecule has 0 saturated heterocycles. The Morgan fingerprint density at radius 3 is 2.26 bits per heavy atom. The van der Waals surface area contributed by atoms with Gasteiger partial charge >= 0.3 is 6.18 Å². The highest BCUT2D eigenvalue weighted by molar-refractivity contribution is 7.80. The molecule has 0 aliphatic carbocycles. The number of thiol groups is 1. The molecule has 0 bridgehead atoms. The van der Waals surface area contributed by atoms with E-state index in [1.54, 1.807) is 31.3 Å². The van der Waals surface area contributed by atoms with Gasteiger partial charge in [0.05, 0.1) is 5.56 Å². The average Bonchev–Trinajstić information content (AvgIpc) is 2.28. The molecule has 0 fully saturated rings. The molecule has 0 saturated carbocycles.